The summed E-state index contributed by atoms with van der Waals surface area (Å²) in [4.78, 5) is 18.9. The number of H-pyrrole nitrogens is 1. The first-order valence-corrected chi connectivity index (χ1v) is 5.25. The van der Waals surface area contributed by atoms with E-state index in [-0.39, 0.29) is 5.78 Å². The third kappa shape index (κ3) is 1.69. The van der Waals surface area contributed by atoms with Crippen LogP contribution in [0.5, 0.6) is 0 Å². The molecule has 2 rings (SSSR count). The highest BCUT2D eigenvalue weighted by Gasteiger charge is 2.10. The van der Waals surface area contributed by atoms with Crippen LogP contribution in [-0.4, -0.2) is 30.9 Å². The molecule has 0 unspecified atom stereocenters. The predicted octanol–water partition coefficient (Wildman–Crippen LogP) is -0.0931. The van der Waals surface area contributed by atoms with E-state index in [0.717, 1.165) is 29.3 Å². The number of Topliss-reactive ketones (excluding diaryl/α,β-unsaturated/α-hetero) is 1. The van der Waals surface area contributed by atoms with Gasteiger partial charge in [0.25, 0.3) is 0 Å². The molecule has 0 saturated carbocycles. The predicted molar refractivity (Wildman–Crippen MR) is 66.4 cm³/mol. The second-order valence-corrected chi connectivity index (χ2v) is 3.57. The molecule has 0 bridgehead atoms. The number of nitrogens with one attached hydrogen (secondary N) is 1. The van der Waals surface area contributed by atoms with Crippen LogP contribution >= 0.6 is 0 Å². The summed E-state index contributed by atoms with van der Waals surface area (Å²) in [6.45, 7) is 2.08. The van der Waals surface area contributed by atoms with Crippen LogP contribution in [-0.2, 0) is 0 Å². The van der Waals surface area contributed by atoms with Crippen molar-refractivity contribution in [1.29, 1.82) is 0 Å². The van der Waals surface area contributed by atoms with Crippen molar-refractivity contribution < 1.29 is 4.79 Å². The molecule has 2 heterocycles. The SMILES string of the molecule is BCC(=O)c1c[nH]c2ncc(BC)cc12. The lowest BCUT2D eigenvalue weighted by Gasteiger charge is -1.97. The minimum atomic E-state index is 0.163. The normalized spacial score (nSPS) is 10.5. The average molecular weight is 198 g/mol. The van der Waals surface area contributed by atoms with Gasteiger partial charge in [-0.05, 0) is 6.32 Å². The molecule has 0 aliphatic rings. The third-order valence-electron chi connectivity index (χ3n) is 2.62. The zero-order valence-corrected chi connectivity index (χ0v) is 9.00. The second-order valence-electron chi connectivity index (χ2n) is 3.57. The van der Waals surface area contributed by atoms with E-state index in [4.69, 9.17) is 0 Å². The highest BCUT2D eigenvalue weighted by molar-refractivity contribution is 6.52. The minimum Gasteiger partial charge on any atom is -0.345 e. The zero-order chi connectivity index (χ0) is 10.8. The van der Waals surface area contributed by atoms with E-state index < -0.39 is 0 Å². The van der Waals surface area contributed by atoms with E-state index in [1.54, 1.807) is 6.20 Å². The second kappa shape index (κ2) is 3.93. The summed E-state index contributed by atoms with van der Waals surface area (Å²) in [7, 11) is 2.81. The van der Waals surface area contributed by atoms with Crippen LogP contribution in [0.3, 0.4) is 0 Å². The standard InChI is InChI=1S/C10H12B2N2O/c1-12-6-2-7-8(9(15)3-11)5-14-10(7)13-4-6/h2,4-5,12H,3,11H2,1H3,(H,13,14). The monoisotopic (exact) mass is 198 g/mol. The summed E-state index contributed by atoms with van der Waals surface area (Å²) in [5.41, 5.74) is 2.71. The van der Waals surface area contributed by atoms with Crippen molar-refractivity contribution in [3.8, 4) is 0 Å². The highest BCUT2D eigenvalue weighted by Crippen LogP contribution is 2.16. The van der Waals surface area contributed by atoms with Crippen LogP contribution in [0.25, 0.3) is 11.0 Å². The van der Waals surface area contributed by atoms with Crippen LogP contribution in [0.15, 0.2) is 18.5 Å². The summed E-state index contributed by atoms with van der Waals surface area (Å²) in [6.07, 6.45) is 4.13. The molecule has 2 aromatic heterocycles. The van der Waals surface area contributed by atoms with Gasteiger partial charge in [0.15, 0.2) is 13.1 Å². The van der Waals surface area contributed by atoms with E-state index in [0.29, 0.717) is 6.32 Å². The number of carbonyl (C=O) groups is 1. The lowest BCUT2D eigenvalue weighted by molar-refractivity contribution is 0.101. The summed E-state index contributed by atoms with van der Waals surface area (Å²) >= 11 is 0. The maximum atomic E-state index is 11.6. The molecule has 74 valence electrons. The first-order chi connectivity index (χ1) is 7.26. The van der Waals surface area contributed by atoms with Crippen LogP contribution in [0.1, 0.15) is 10.4 Å². The van der Waals surface area contributed by atoms with Crippen molar-refractivity contribution in [2.24, 2.45) is 0 Å². The summed E-state index contributed by atoms with van der Waals surface area (Å²) in [6, 6.07) is 2.04. The van der Waals surface area contributed by atoms with Crippen molar-refractivity contribution in [3.63, 3.8) is 0 Å². The molecule has 5 heteroatoms. The van der Waals surface area contributed by atoms with Crippen molar-refractivity contribution in [2.45, 2.75) is 13.1 Å². The van der Waals surface area contributed by atoms with E-state index in [9.17, 15) is 4.79 Å². The van der Waals surface area contributed by atoms with Gasteiger partial charge in [-0.2, -0.15) is 0 Å². The number of ketones is 1. The Morgan fingerprint density at radius 1 is 1.67 bits per heavy atom. The molecule has 3 nitrogen and oxygen atoms in total. The molecule has 1 N–H and O–H groups in total. The van der Waals surface area contributed by atoms with Crippen LogP contribution in [0.2, 0.25) is 13.1 Å². The minimum absolute atomic E-state index is 0.163. The van der Waals surface area contributed by atoms with Crippen molar-refractivity contribution >= 4 is 37.4 Å². The number of rotatable bonds is 3. The Morgan fingerprint density at radius 2 is 2.47 bits per heavy atom. The quantitative estimate of drug-likeness (QED) is 0.553. The molecule has 0 atom stereocenters. The fourth-order valence-electron chi connectivity index (χ4n) is 1.66. The van der Waals surface area contributed by atoms with Crippen LogP contribution in [0, 0.1) is 0 Å². The number of fused-ring (bicyclic) bond motifs is 1. The Kier molecular flexibility index (Phi) is 2.62. The molecule has 0 radical (unpaired) electrons. The molecule has 2 aromatic rings. The maximum Gasteiger partial charge on any atom is 0.157 e. The lowest BCUT2D eigenvalue weighted by atomic mass is 9.74. The van der Waals surface area contributed by atoms with Crippen molar-refractivity contribution in [1.82, 2.24) is 9.97 Å². The Hall–Kier alpha value is -1.51. The number of carbonyl (C=O) groups excluding carboxylic acids is 1. The van der Waals surface area contributed by atoms with Gasteiger partial charge >= 0.3 is 0 Å². The molecule has 0 fully saturated rings. The molecule has 15 heavy (non-hydrogen) atoms. The molecule has 0 aliphatic carbocycles. The molecular weight excluding hydrogens is 186 g/mol. The van der Waals surface area contributed by atoms with E-state index in [1.807, 2.05) is 20.1 Å². The highest BCUT2D eigenvalue weighted by atomic mass is 16.1. The Morgan fingerprint density at radius 3 is 3.13 bits per heavy atom. The van der Waals surface area contributed by atoms with Crippen LogP contribution < -0.4 is 5.46 Å². The van der Waals surface area contributed by atoms with Gasteiger partial charge in [-0.25, -0.2) is 4.98 Å². The van der Waals surface area contributed by atoms with E-state index >= 15 is 0 Å². The number of nitrogens with zero attached hydrogens (tertiary/aromatic N) is 1. The molecule has 0 saturated heterocycles. The van der Waals surface area contributed by atoms with Gasteiger partial charge in [0.1, 0.15) is 13.5 Å². The smallest absolute Gasteiger partial charge is 0.157 e. The molecule has 0 spiro atoms. The Labute approximate surface area is 89.9 Å². The van der Waals surface area contributed by atoms with E-state index in [1.165, 1.54) is 0 Å². The summed E-state index contributed by atoms with van der Waals surface area (Å²) in [5.74, 6) is 0.163. The van der Waals surface area contributed by atoms with E-state index in [2.05, 4.69) is 16.8 Å². The topological polar surface area (TPSA) is 45.8 Å². The number of hydrogen-bond donors (Lipinski definition) is 1. The van der Waals surface area contributed by atoms with Gasteiger partial charge < -0.3 is 4.98 Å². The average Bonchev–Trinajstić information content (AvgIpc) is 2.70. The molecule has 0 aromatic carbocycles. The molecule has 0 amide bonds. The number of aromatic nitrogens is 2. The van der Waals surface area contributed by atoms with Gasteiger partial charge in [0.2, 0.25) is 0 Å². The van der Waals surface area contributed by atoms with Gasteiger partial charge in [-0.15, -0.1) is 0 Å². The summed E-state index contributed by atoms with van der Waals surface area (Å²) in [5, 5.41) is 0.946. The van der Waals surface area contributed by atoms with Gasteiger partial charge in [-0.1, -0.05) is 18.4 Å². The number of pyridine rings is 1. The first kappa shape index (κ1) is 10.0. The largest absolute Gasteiger partial charge is 0.345 e. The lowest BCUT2D eigenvalue weighted by Crippen LogP contribution is -2.11. The van der Waals surface area contributed by atoms with Gasteiger partial charge in [0, 0.05) is 23.3 Å². The number of aromatic amines is 1. The summed E-state index contributed by atoms with van der Waals surface area (Å²) < 4.78 is 0. The first-order valence-electron chi connectivity index (χ1n) is 5.25. The fourth-order valence-corrected chi connectivity index (χ4v) is 1.66. The maximum absolute atomic E-state index is 11.6. The number of hydrogen-bond acceptors (Lipinski definition) is 2. The van der Waals surface area contributed by atoms with Crippen LogP contribution in [0.4, 0.5) is 0 Å². The molecular formula is C10H12B2N2O. The molecule has 0 aliphatic heterocycles. The Balaban J connectivity index is 2.61. The zero-order valence-electron chi connectivity index (χ0n) is 9.00. The third-order valence-corrected chi connectivity index (χ3v) is 2.62. The van der Waals surface area contributed by atoms with Crippen molar-refractivity contribution in [2.75, 3.05) is 0 Å². The van der Waals surface area contributed by atoms with Gasteiger partial charge in [-0.3, -0.25) is 4.79 Å². The Bertz CT molecular complexity index is 507. The van der Waals surface area contributed by atoms with Crippen molar-refractivity contribution in [3.05, 3.63) is 24.0 Å². The fraction of sp³-hybridized carbons (Fsp3) is 0.200. The van der Waals surface area contributed by atoms with Gasteiger partial charge in [0.05, 0.1) is 0 Å².